The molecule has 1 saturated heterocycles. The zero-order chi connectivity index (χ0) is 10.6. The molecule has 1 atom stereocenters. The van der Waals surface area contributed by atoms with Gasteiger partial charge in [-0.1, -0.05) is 0 Å². The number of hydrogen-bond acceptors (Lipinski definition) is 3. The third-order valence-electron chi connectivity index (χ3n) is 2.64. The molecule has 1 fully saturated rings. The van der Waals surface area contributed by atoms with Crippen LogP contribution in [0.25, 0.3) is 0 Å². The van der Waals surface area contributed by atoms with Crippen molar-refractivity contribution in [2.45, 2.75) is 32.4 Å². The summed E-state index contributed by atoms with van der Waals surface area (Å²) in [5, 5.41) is 3.20. The molecular formula is C10H20N2O2. The molecule has 0 radical (unpaired) electrons. The molecule has 0 bridgehead atoms. The van der Waals surface area contributed by atoms with Gasteiger partial charge in [-0.15, -0.1) is 0 Å². The molecule has 82 valence electrons. The number of nitrogens with one attached hydrogen (secondary N) is 1. The van der Waals surface area contributed by atoms with Crippen molar-refractivity contribution in [1.82, 2.24) is 10.2 Å². The van der Waals surface area contributed by atoms with Crippen molar-refractivity contribution in [2.24, 2.45) is 0 Å². The third-order valence-corrected chi connectivity index (χ3v) is 2.64. The first-order valence-corrected chi connectivity index (χ1v) is 5.18. The zero-order valence-corrected chi connectivity index (χ0v) is 9.25. The molecule has 0 aromatic heterocycles. The molecule has 1 heterocycles. The van der Waals surface area contributed by atoms with Crippen LogP contribution in [0.2, 0.25) is 0 Å². The summed E-state index contributed by atoms with van der Waals surface area (Å²) >= 11 is 0. The topological polar surface area (TPSA) is 41.6 Å². The molecule has 1 N–H and O–H groups in total. The first kappa shape index (κ1) is 11.5. The lowest BCUT2D eigenvalue weighted by atomic mass is 10.2. The van der Waals surface area contributed by atoms with Crippen LogP contribution >= 0.6 is 0 Å². The number of ether oxygens (including phenoxy) is 1. The molecule has 0 aromatic carbocycles. The van der Waals surface area contributed by atoms with Gasteiger partial charge in [0.2, 0.25) is 5.91 Å². The number of nitrogens with zero attached hydrogens (tertiary/aromatic N) is 1. The van der Waals surface area contributed by atoms with E-state index in [-0.39, 0.29) is 11.9 Å². The van der Waals surface area contributed by atoms with Gasteiger partial charge in [0.1, 0.15) is 0 Å². The first-order chi connectivity index (χ1) is 6.61. The Bertz CT molecular complexity index is 189. The summed E-state index contributed by atoms with van der Waals surface area (Å²) in [6, 6.07) is 0.628. The van der Waals surface area contributed by atoms with E-state index in [1.165, 1.54) is 0 Å². The standard InChI is InChI=1S/C10H20N2O2/c1-8(2)12(3)10(13)6-11-9-4-5-14-7-9/h8-9,11H,4-7H2,1-3H3. The molecule has 1 rings (SSSR count). The van der Waals surface area contributed by atoms with E-state index >= 15 is 0 Å². The van der Waals surface area contributed by atoms with E-state index in [1.807, 2.05) is 20.9 Å². The Morgan fingerprint density at radius 1 is 1.64 bits per heavy atom. The third kappa shape index (κ3) is 3.27. The fourth-order valence-corrected chi connectivity index (χ4v) is 1.34. The highest BCUT2D eigenvalue weighted by atomic mass is 16.5. The molecule has 1 aliphatic heterocycles. The maximum atomic E-state index is 11.6. The van der Waals surface area contributed by atoms with E-state index in [0.717, 1.165) is 19.6 Å². The maximum absolute atomic E-state index is 11.6. The normalized spacial score (nSPS) is 21.6. The second-order valence-electron chi connectivity index (χ2n) is 4.04. The number of hydrogen-bond donors (Lipinski definition) is 1. The molecule has 1 unspecified atom stereocenters. The predicted octanol–water partition coefficient (Wildman–Crippen LogP) is 0.232. The lowest BCUT2D eigenvalue weighted by Gasteiger charge is -2.22. The smallest absolute Gasteiger partial charge is 0.236 e. The van der Waals surface area contributed by atoms with E-state index in [4.69, 9.17) is 4.74 Å². The molecule has 0 saturated carbocycles. The Balaban J connectivity index is 2.19. The van der Waals surface area contributed by atoms with Gasteiger partial charge in [0.05, 0.1) is 13.2 Å². The lowest BCUT2D eigenvalue weighted by Crippen LogP contribution is -2.42. The molecule has 14 heavy (non-hydrogen) atoms. The second kappa shape index (κ2) is 5.32. The van der Waals surface area contributed by atoms with E-state index < -0.39 is 0 Å². The first-order valence-electron chi connectivity index (χ1n) is 5.18. The average Bonchev–Trinajstić information content (AvgIpc) is 2.65. The Morgan fingerprint density at radius 2 is 2.36 bits per heavy atom. The van der Waals surface area contributed by atoms with Crippen molar-refractivity contribution in [3.63, 3.8) is 0 Å². The number of carbonyl (C=O) groups excluding carboxylic acids is 1. The van der Waals surface area contributed by atoms with Gasteiger partial charge in [-0.05, 0) is 20.3 Å². The van der Waals surface area contributed by atoms with Crippen molar-refractivity contribution in [2.75, 3.05) is 26.8 Å². The van der Waals surface area contributed by atoms with Crippen LogP contribution in [-0.2, 0) is 9.53 Å². The summed E-state index contributed by atoms with van der Waals surface area (Å²) in [5.41, 5.74) is 0. The number of amides is 1. The van der Waals surface area contributed by atoms with Gasteiger partial charge < -0.3 is 15.0 Å². The molecule has 0 aliphatic carbocycles. The quantitative estimate of drug-likeness (QED) is 0.706. The number of carbonyl (C=O) groups is 1. The van der Waals surface area contributed by atoms with E-state index in [0.29, 0.717) is 12.6 Å². The van der Waals surface area contributed by atoms with Gasteiger partial charge in [0, 0.05) is 25.7 Å². The van der Waals surface area contributed by atoms with Crippen LogP contribution in [0.1, 0.15) is 20.3 Å². The van der Waals surface area contributed by atoms with Crippen molar-refractivity contribution in [3.05, 3.63) is 0 Å². The largest absolute Gasteiger partial charge is 0.380 e. The van der Waals surface area contributed by atoms with Gasteiger partial charge in [-0.3, -0.25) is 4.79 Å². The molecular weight excluding hydrogens is 180 g/mol. The van der Waals surface area contributed by atoms with Gasteiger partial charge in [-0.2, -0.15) is 0 Å². The summed E-state index contributed by atoms with van der Waals surface area (Å²) < 4.78 is 5.21. The molecule has 1 amide bonds. The monoisotopic (exact) mass is 200 g/mol. The average molecular weight is 200 g/mol. The van der Waals surface area contributed by atoms with Crippen LogP contribution in [-0.4, -0.2) is 49.7 Å². The van der Waals surface area contributed by atoms with E-state index in [2.05, 4.69) is 5.32 Å². The van der Waals surface area contributed by atoms with Crippen molar-refractivity contribution < 1.29 is 9.53 Å². The highest BCUT2D eigenvalue weighted by molar-refractivity contribution is 5.78. The van der Waals surface area contributed by atoms with Crippen LogP contribution in [0.5, 0.6) is 0 Å². The van der Waals surface area contributed by atoms with Crippen molar-refractivity contribution >= 4 is 5.91 Å². The van der Waals surface area contributed by atoms with Gasteiger partial charge >= 0.3 is 0 Å². The minimum absolute atomic E-state index is 0.145. The molecule has 4 nitrogen and oxygen atoms in total. The van der Waals surface area contributed by atoms with E-state index in [1.54, 1.807) is 4.90 Å². The van der Waals surface area contributed by atoms with Gasteiger partial charge in [-0.25, -0.2) is 0 Å². The van der Waals surface area contributed by atoms with Crippen molar-refractivity contribution in [1.29, 1.82) is 0 Å². The minimum Gasteiger partial charge on any atom is -0.380 e. The zero-order valence-electron chi connectivity index (χ0n) is 9.25. The Hall–Kier alpha value is -0.610. The number of rotatable bonds is 4. The predicted molar refractivity (Wildman–Crippen MR) is 55.1 cm³/mol. The summed E-state index contributed by atoms with van der Waals surface area (Å²) in [5.74, 6) is 0.145. The van der Waals surface area contributed by atoms with Crippen LogP contribution in [0, 0.1) is 0 Å². The van der Waals surface area contributed by atoms with Gasteiger partial charge in [0.25, 0.3) is 0 Å². The van der Waals surface area contributed by atoms with Crippen LogP contribution in [0.4, 0.5) is 0 Å². The Labute approximate surface area is 85.6 Å². The van der Waals surface area contributed by atoms with Gasteiger partial charge in [0.15, 0.2) is 0 Å². The summed E-state index contributed by atoms with van der Waals surface area (Å²) in [7, 11) is 1.83. The molecule has 0 spiro atoms. The molecule has 1 aliphatic rings. The fourth-order valence-electron chi connectivity index (χ4n) is 1.34. The maximum Gasteiger partial charge on any atom is 0.236 e. The van der Waals surface area contributed by atoms with Crippen molar-refractivity contribution in [3.8, 4) is 0 Å². The minimum atomic E-state index is 0.145. The highest BCUT2D eigenvalue weighted by Crippen LogP contribution is 2.03. The Morgan fingerprint density at radius 3 is 2.86 bits per heavy atom. The highest BCUT2D eigenvalue weighted by Gasteiger charge is 2.17. The SMILES string of the molecule is CC(C)N(C)C(=O)CNC1CCOC1. The fraction of sp³-hybridized carbons (Fsp3) is 0.900. The summed E-state index contributed by atoms with van der Waals surface area (Å²) in [6.07, 6.45) is 1.01. The number of likely N-dealkylation sites (N-methyl/N-ethyl adjacent to an activating group) is 1. The van der Waals surface area contributed by atoms with Crippen LogP contribution in [0.3, 0.4) is 0 Å². The van der Waals surface area contributed by atoms with Crippen LogP contribution in [0.15, 0.2) is 0 Å². The molecule has 0 aromatic rings. The van der Waals surface area contributed by atoms with Crippen LogP contribution < -0.4 is 5.32 Å². The second-order valence-corrected chi connectivity index (χ2v) is 4.04. The Kier molecular flexibility index (Phi) is 4.35. The lowest BCUT2D eigenvalue weighted by molar-refractivity contribution is -0.130. The summed E-state index contributed by atoms with van der Waals surface area (Å²) in [4.78, 5) is 13.3. The summed E-state index contributed by atoms with van der Waals surface area (Å²) in [6.45, 7) is 5.99. The molecule has 4 heteroatoms. The van der Waals surface area contributed by atoms with E-state index in [9.17, 15) is 4.79 Å².